The van der Waals surface area contributed by atoms with Crippen LogP contribution in [-0.4, -0.2) is 29.5 Å². The van der Waals surface area contributed by atoms with Gasteiger partial charge in [-0.25, -0.2) is 0 Å². The first kappa shape index (κ1) is 13.3. The fourth-order valence-corrected chi connectivity index (χ4v) is 4.10. The topological polar surface area (TPSA) is 16.1 Å². The van der Waals surface area contributed by atoms with Crippen molar-refractivity contribution in [2.45, 2.75) is 32.1 Å². The zero-order valence-electron chi connectivity index (χ0n) is 12.7. The van der Waals surface area contributed by atoms with E-state index in [4.69, 9.17) is 4.98 Å². The van der Waals surface area contributed by atoms with Crippen molar-refractivity contribution in [3.63, 3.8) is 0 Å². The molecule has 0 unspecified atom stereocenters. The van der Waals surface area contributed by atoms with E-state index in [0.717, 1.165) is 23.8 Å². The van der Waals surface area contributed by atoms with E-state index in [1.807, 2.05) is 0 Å². The molecular formula is C19H24N2. The Balaban J connectivity index is 1.43. The Bertz CT molecular complexity index is 600. The molecule has 5 rings (SSSR count). The van der Waals surface area contributed by atoms with Crippen molar-refractivity contribution in [3.05, 3.63) is 42.1 Å². The zero-order chi connectivity index (χ0) is 14.1. The molecule has 0 N–H and O–H groups in total. The van der Waals surface area contributed by atoms with E-state index in [9.17, 15) is 0 Å². The van der Waals surface area contributed by atoms with E-state index in [0.29, 0.717) is 0 Å². The third-order valence-corrected chi connectivity index (χ3v) is 5.34. The summed E-state index contributed by atoms with van der Waals surface area (Å²) in [7, 11) is 0. The van der Waals surface area contributed by atoms with E-state index < -0.39 is 0 Å². The molecule has 3 fully saturated rings. The molecule has 1 aromatic carbocycles. The molecule has 0 radical (unpaired) electrons. The summed E-state index contributed by atoms with van der Waals surface area (Å²) >= 11 is 0. The molecule has 2 saturated heterocycles. The van der Waals surface area contributed by atoms with Gasteiger partial charge >= 0.3 is 0 Å². The predicted octanol–water partition coefficient (Wildman–Crippen LogP) is 3.90. The van der Waals surface area contributed by atoms with Gasteiger partial charge in [-0.15, -0.1) is 0 Å². The molecule has 3 aliphatic rings. The van der Waals surface area contributed by atoms with Crippen LogP contribution in [0.25, 0.3) is 10.9 Å². The Hall–Kier alpha value is -1.41. The van der Waals surface area contributed by atoms with Crippen LogP contribution in [-0.2, 0) is 6.42 Å². The molecule has 3 heterocycles. The van der Waals surface area contributed by atoms with Gasteiger partial charge in [0.25, 0.3) is 0 Å². The number of para-hydroxylation sites is 1. The van der Waals surface area contributed by atoms with Gasteiger partial charge < -0.3 is 4.90 Å². The zero-order valence-corrected chi connectivity index (χ0v) is 12.7. The molecule has 1 aromatic heterocycles. The number of benzene rings is 1. The van der Waals surface area contributed by atoms with Gasteiger partial charge in [0.2, 0.25) is 0 Å². The quantitative estimate of drug-likeness (QED) is 0.847. The molecule has 1 saturated carbocycles. The summed E-state index contributed by atoms with van der Waals surface area (Å²) in [5.74, 6) is 1.93. The minimum atomic E-state index is 0.966. The Morgan fingerprint density at radius 2 is 1.62 bits per heavy atom. The highest BCUT2D eigenvalue weighted by Gasteiger charge is 2.28. The van der Waals surface area contributed by atoms with Crippen molar-refractivity contribution >= 4 is 10.9 Å². The van der Waals surface area contributed by atoms with Crippen molar-refractivity contribution in [3.8, 4) is 0 Å². The highest BCUT2D eigenvalue weighted by Crippen LogP contribution is 2.33. The lowest BCUT2D eigenvalue weighted by atomic mass is 9.84. The van der Waals surface area contributed by atoms with Gasteiger partial charge in [0.05, 0.1) is 5.52 Å². The summed E-state index contributed by atoms with van der Waals surface area (Å²) < 4.78 is 0. The van der Waals surface area contributed by atoms with E-state index in [1.54, 1.807) is 0 Å². The van der Waals surface area contributed by atoms with Crippen LogP contribution in [0, 0.1) is 11.8 Å². The molecule has 110 valence electrons. The lowest BCUT2D eigenvalue weighted by Crippen LogP contribution is -2.30. The molecule has 2 aromatic rings. The summed E-state index contributed by atoms with van der Waals surface area (Å²) in [6.07, 6.45) is 6.96. The van der Waals surface area contributed by atoms with Crippen molar-refractivity contribution in [2.24, 2.45) is 11.8 Å². The number of pyridine rings is 1. The van der Waals surface area contributed by atoms with Crippen molar-refractivity contribution in [1.29, 1.82) is 0 Å². The fourth-order valence-electron chi connectivity index (χ4n) is 4.10. The molecular weight excluding hydrogens is 256 g/mol. The van der Waals surface area contributed by atoms with Crippen LogP contribution in [0.15, 0.2) is 36.4 Å². The highest BCUT2D eigenvalue weighted by molar-refractivity contribution is 5.78. The molecule has 2 bridgehead atoms. The van der Waals surface area contributed by atoms with Crippen LogP contribution in [0.3, 0.4) is 0 Å². The van der Waals surface area contributed by atoms with Gasteiger partial charge in [0.1, 0.15) is 0 Å². The smallest absolute Gasteiger partial charge is 0.0705 e. The maximum atomic E-state index is 4.81. The number of aromatic nitrogens is 1. The SMILES string of the molecule is c1ccc2nc(CCN3CC4CCC(CC4)C3)ccc2c1. The van der Waals surface area contributed by atoms with Crippen LogP contribution < -0.4 is 0 Å². The number of hydrogen-bond acceptors (Lipinski definition) is 2. The first-order chi connectivity index (χ1) is 10.4. The number of rotatable bonds is 3. The van der Waals surface area contributed by atoms with Gasteiger partial charge in [-0.3, -0.25) is 4.98 Å². The van der Waals surface area contributed by atoms with Crippen molar-refractivity contribution in [2.75, 3.05) is 19.6 Å². The Labute approximate surface area is 127 Å². The van der Waals surface area contributed by atoms with E-state index in [-0.39, 0.29) is 0 Å². The lowest BCUT2D eigenvalue weighted by molar-refractivity contribution is 0.255. The molecule has 1 aliphatic carbocycles. The van der Waals surface area contributed by atoms with Crippen molar-refractivity contribution < 1.29 is 0 Å². The second-order valence-electron chi connectivity index (χ2n) is 6.89. The number of nitrogens with zero attached hydrogens (tertiary/aromatic N) is 2. The van der Waals surface area contributed by atoms with Crippen LogP contribution in [0.2, 0.25) is 0 Å². The summed E-state index contributed by atoms with van der Waals surface area (Å²) in [6.45, 7) is 3.83. The minimum absolute atomic E-state index is 0.966. The van der Waals surface area contributed by atoms with Gasteiger partial charge in [-0.05, 0) is 49.7 Å². The van der Waals surface area contributed by atoms with E-state index in [1.165, 1.54) is 56.4 Å². The maximum absolute atomic E-state index is 4.81. The Kier molecular flexibility index (Phi) is 3.64. The fraction of sp³-hybridized carbons (Fsp3) is 0.526. The monoisotopic (exact) mass is 280 g/mol. The van der Waals surface area contributed by atoms with Gasteiger partial charge in [-0.1, -0.05) is 24.3 Å². The van der Waals surface area contributed by atoms with Crippen LogP contribution >= 0.6 is 0 Å². The van der Waals surface area contributed by atoms with Crippen LogP contribution in [0.5, 0.6) is 0 Å². The molecule has 0 amide bonds. The minimum Gasteiger partial charge on any atom is -0.302 e. The average molecular weight is 280 g/mol. The average Bonchev–Trinajstić information content (AvgIpc) is 2.85. The van der Waals surface area contributed by atoms with Crippen LogP contribution in [0.1, 0.15) is 31.4 Å². The first-order valence-electron chi connectivity index (χ1n) is 8.44. The van der Waals surface area contributed by atoms with Crippen LogP contribution in [0.4, 0.5) is 0 Å². The molecule has 2 aliphatic heterocycles. The first-order valence-corrected chi connectivity index (χ1v) is 8.44. The number of hydrogen-bond donors (Lipinski definition) is 0. The van der Waals surface area contributed by atoms with E-state index in [2.05, 4.69) is 41.3 Å². The third kappa shape index (κ3) is 2.96. The summed E-state index contributed by atoms with van der Waals surface area (Å²) in [5, 5.41) is 1.24. The molecule has 2 heteroatoms. The summed E-state index contributed by atoms with van der Waals surface area (Å²) in [5.41, 5.74) is 2.37. The second kappa shape index (κ2) is 5.76. The standard InChI is InChI=1S/C19H24N2/c1-2-4-19-17(3-1)9-10-18(20-19)11-12-21-13-15-5-6-16(14-21)8-7-15/h1-4,9-10,15-16H,5-8,11-14H2. The van der Waals surface area contributed by atoms with Gasteiger partial charge in [0.15, 0.2) is 0 Å². The summed E-state index contributed by atoms with van der Waals surface area (Å²) in [4.78, 5) is 7.51. The predicted molar refractivity (Wildman–Crippen MR) is 87.3 cm³/mol. The third-order valence-electron chi connectivity index (χ3n) is 5.34. The van der Waals surface area contributed by atoms with Gasteiger partial charge in [0, 0.05) is 37.1 Å². The molecule has 21 heavy (non-hydrogen) atoms. The largest absolute Gasteiger partial charge is 0.302 e. The molecule has 2 nitrogen and oxygen atoms in total. The highest BCUT2D eigenvalue weighted by atomic mass is 15.1. The maximum Gasteiger partial charge on any atom is 0.0705 e. The van der Waals surface area contributed by atoms with Gasteiger partial charge in [-0.2, -0.15) is 0 Å². The Morgan fingerprint density at radius 3 is 2.38 bits per heavy atom. The van der Waals surface area contributed by atoms with E-state index >= 15 is 0 Å². The lowest BCUT2D eigenvalue weighted by Gasteiger charge is -2.22. The summed E-state index contributed by atoms with van der Waals surface area (Å²) in [6, 6.07) is 12.8. The molecule has 0 spiro atoms. The van der Waals surface area contributed by atoms with Crippen molar-refractivity contribution in [1.82, 2.24) is 9.88 Å². The normalized spacial score (nSPS) is 26.1. The molecule has 0 atom stereocenters. The second-order valence-corrected chi connectivity index (χ2v) is 6.89. The Morgan fingerprint density at radius 1 is 0.905 bits per heavy atom. The number of fused-ring (bicyclic) bond motifs is 5.